The standard InChI is InChI=1S/C19H15N5O2/c20-8-17-16-7-12(2-3-15(16)18(25)11-24-17)13-6-14(10-21-9-13)26-19-22-4-1-5-23-19/h1-7,9-10H,8,11,20H2. The molecule has 4 rings (SSSR count). The first-order chi connectivity index (χ1) is 12.7. The Bertz CT molecular complexity index is 1000. The Hall–Kier alpha value is -3.45. The number of carbonyl (C=O) groups is 1. The molecule has 0 saturated heterocycles. The predicted molar refractivity (Wildman–Crippen MR) is 96.6 cm³/mol. The first-order valence-electron chi connectivity index (χ1n) is 8.06. The number of ether oxygens (including phenoxy) is 1. The summed E-state index contributed by atoms with van der Waals surface area (Å²) in [5.74, 6) is 0.524. The number of Topliss-reactive ketones (excluding diaryl/α,β-unsaturated/α-hetero) is 1. The van der Waals surface area contributed by atoms with Crippen LogP contribution in [0.1, 0.15) is 15.9 Å². The summed E-state index contributed by atoms with van der Waals surface area (Å²) in [5.41, 5.74) is 9.68. The molecule has 7 heteroatoms. The lowest BCUT2D eigenvalue weighted by atomic mass is 9.93. The Balaban J connectivity index is 1.69. The second-order valence-corrected chi connectivity index (χ2v) is 5.69. The summed E-state index contributed by atoms with van der Waals surface area (Å²) in [6, 6.07) is 9.42. The zero-order valence-corrected chi connectivity index (χ0v) is 13.8. The Morgan fingerprint density at radius 2 is 1.88 bits per heavy atom. The molecule has 3 aromatic rings. The summed E-state index contributed by atoms with van der Waals surface area (Å²) in [6.45, 7) is 0.442. The van der Waals surface area contributed by atoms with Gasteiger partial charge in [-0.15, -0.1) is 0 Å². The van der Waals surface area contributed by atoms with Crippen molar-refractivity contribution in [2.45, 2.75) is 0 Å². The molecule has 2 aromatic heterocycles. The van der Waals surface area contributed by atoms with Gasteiger partial charge in [0.15, 0.2) is 5.78 Å². The van der Waals surface area contributed by atoms with Gasteiger partial charge < -0.3 is 10.5 Å². The van der Waals surface area contributed by atoms with Gasteiger partial charge >= 0.3 is 6.01 Å². The number of rotatable bonds is 4. The summed E-state index contributed by atoms with van der Waals surface area (Å²) in [6.07, 6.45) is 6.53. The summed E-state index contributed by atoms with van der Waals surface area (Å²) >= 11 is 0. The number of nitrogens with zero attached hydrogens (tertiary/aromatic N) is 4. The number of hydrogen-bond acceptors (Lipinski definition) is 7. The van der Waals surface area contributed by atoms with Crippen LogP contribution < -0.4 is 10.5 Å². The highest BCUT2D eigenvalue weighted by Crippen LogP contribution is 2.28. The minimum Gasteiger partial charge on any atom is -0.423 e. The van der Waals surface area contributed by atoms with Gasteiger partial charge in [-0.1, -0.05) is 12.1 Å². The Labute approximate surface area is 149 Å². The molecule has 0 atom stereocenters. The minimum absolute atomic E-state index is 0.000172. The van der Waals surface area contributed by atoms with Crippen molar-refractivity contribution in [1.82, 2.24) is 15.0 Å². The fourth-order valence-corrected chi connectivity index (χ4v) is 2.79. The van der Waals surface area contributed by atoms with Crippen molar-refractivity contribution in [3.63, 3.8) is 0 Å². The van der Waals surface area contributed by atoms with E-state index in [9.17, 15) is 4.79 Å². The van der Waals surface area contributed by atoms with E-state index < -0.39 is 0 Å². The molecule has 1 aliphatic rings. The second-order valence-electron chi connectivity index (χ2n) is 5.69. The fourth-order valence-electron chi connectivity index (χ4n) is 2.79. The fraction of sp³-hybridized carbons (Fsp3) is 0.105. The maximum atomic E-state index is 12.1. The summed E-state index contributed by atoms with van der Waals surface area (Å²) in [4.78, 5) is 28.6. The van der Waals surface area contributed by atoms with Crippen molar-refractivity contribution in [3.05, 3.63) is 66.2 Å². The second kappa shape index (κ2) is 6.81. The number of pyridine rings is 1. The molecule has 1 aliphatic heterocycles. The summed E-state index contributed by atoms with van der Waals surface area (Å²) < 4.78 is 5.63. The van der Waals surface area contributed by atoms with E-state index >= 15 is 0 Å². The summed E-state index contributed by atoms with van der Waals surface area (Å²) in [7, 11) is 0. The highest BCUT2D eigenvalue weighted by Gasteiger charge is 2.20. The predicted octanol–water partition coefficient (Wildman–Crippen LogP) is 2.28. The molecule has 0 saturated carbocycles. The number of aromatic nitrogens is 3. The van der Waals surface area contributed by atoms with Gasteiger partial charge in [-0.2, -0.15) is 0 Å². The van der Waals surface area contributed by atoms with E-state index in [0.29, 0.717) is 11.3 Å². The number of carbonyl (C=O) groups excluding carboxylic acids is 1. The van der Waals surface area contributed by atoms with Crippen LogP contribution >= 0.6 is 0 Å². The molecule has 7 nitrogen and oxygen atoms in total. The lowest BCUT2D eigenvalue weighted by Gasteiger charge is -2.16. The number of aliphatic imine (C=N–C) groups is 1. The number of ketones is 1. The Morgan fingerprint density at radius 3 is 2.69 bits per heavy atom. The molecule has 1 aromatic carbocycles. The van der Waals surface area contributed by atoms with Gasteiger partial charge in [0.1, 0.15) is 12.3 Å². The number of benzene rings is 1. The monoisotopic (exact) mass is 345 g/mol. The van der Waals surface area contributed by atoms with E-state index in [1.807, 2.05) is 24.3 Å². The third-order valence-corrected chi connectivity index (χ3v) is 4.04. The van der Waals surface area contributed by atoms with E-state index in [1.54, 1.807) is 30.9 Å². The maximum absolute atomic E-state index is 12.1. The van der Waals surface area contributed by atoms with Crippen molar-refractivity contribution in [1.29, 1.82) is 0 Å². The van der Waals surface area contributed by atoms with Gasteiger partial charge in [-0.25, -0.2) is 9.97 Å². The smallest absolute Gasteiger partial charge is 0.321 e. The van der Waals surface area contributed by atoms with Gasteiger partial charge in [0, 0.05) is 41.8 Å². The SMILES string of the molecule is NCC1=NCC(=O)c2ccc(-c3cncc(Oc4ncccn4)c3)cc21. The molecule has 0 fully saturated rings. The first-order valence-corrected chi connectivity index (χ1v) is 8.06. The molecule has 2 N–H and O–H groups in total. The average Bonchev–Trinajstić information content (AvgIpc) is 2.69. The molecule has 0 radical (unpaired) electrons. The van der Waals surface area contributed by atoms with Gasteiger partial charge in [0.05, 0.1) is 11.9 Å². The number of nitrogens with two attached hydrogens (primary N) is 1. The van der Waals surface area contributed by atoms with Crippen LogP contribution in [0.4, 0.5) is 0 Å². The van der Waals surface area contributed by atoms with E-state index in [0.717, 1.165) is 22.4 Å². The molecular weight excluding hydrogens is 330 g/mol. The maximum Gasteiger partial charge on any atom is 0.321 e. The molecule has 0 spiro atoms. The van der Waals surface area contributed by atoms with Crippen molar-refractivity contribution in [3.8, 4) is 22.9 Å². The van der Waals surface area contributed by atoms with E-state index in [-0.39, 0.29) is 24.9 Å². The lowest BCUT2D eigenvalue weighted by Crippen LogP contribution is -2.24. The normalized spacial score (nSPS) is 13.1. The summed E-state index contributed by atoms with van der Waals surface area (Å²) in [5, 5.41) is 0. The number of fused-ring (bicyclic) bond motifs is 1. The van der Waals surface area contributed by atoms with Crippen molar-refractivity contribution < 1.29 is 9.53 Å². The minimum atomic E-state index is 0.000172. The van der Waals surface area contributed by atoms with Crippen LogP contribution in [-0.4, -0.2) is 39.5 Å². The molecule has 0 unspecified atom stereocenters. The van der Waals surface area contributed by atoms with Crippen LogP contribution in [-0.2, 0) is 0 Å². The number of hydrogen-bond donors (Lipinski definition) is 1. The molecule has 0 aliphatic carbocycles. The lowest BCUT2D eigenvalue weighted by molar-refractivity contribution is 0.1000. The quantitative estimate of drug-likeness (QED) is 0.778. The van der Waals surface area contributed by atoms with Crippen molar-refractivity contribution >= 4 is 11.5 Å². The van der Waals surface area contributed by atoms with Crippen molar-refractivity contribution in [2.75, 3.05) is 13.1 Å². The van der Waals surface area contributed by atoms with Crippen LogP contribution in [0.3, 0.4) is 0 Å². The van der Waals surface area contributed by atoms with Gasteiger partial charge in [-0.05, 0) is 23.8 Å². The topological polar surface area (TPSA) is 103 Å². The molecule has 128 valence electrons. The van der Waals surface area contributed by atoms with Crippen molar-refractivity contribution in [2.24, 2.45) is 10.7 Å². The van der Waals surface area contributed by atoms with E-state index in [2.05, 4.69) is 19.9 Å². The third kappa shape index (κ3) is 3.07. The molecule has 26 heavy (non-hydrogen) atoms. The van der Waals surface area contributed by atoms with Crippen LogP contribution in [0.2, 0.25) is 0 Å². The largest absolute Gasteiger partial charge is 0.423 e. The van der Waals surface area contributed by atoms with Gasteiger partial charge in [0.25, 0.3) is 0 Å². The van der Waals surface area contributed by atoms with Gasteiger partial charge in [0.2, 0.25) is 0 Å². The molecule has 0 amide bonds. The first kappa shape index (κ1) is 16.0. The van der Waals surface area contributed by atoms with Crippen LogP contribution in [0.15, 0.2) is 60.1 Å². The Morgan fingerprint density at radius 1 is 1.04 bits per heavy atom. The molecule has 3 heterocycles. The zero-order valence-electron chi connectivity index (χ0n) is 13.8. The van der Waals surface area contributed by atoms with Crippen LogP contribution in [0, 0.1) is 0 Å². The van der Waals surface area contributed by atoms with Gasteiger partial charge in [-0.3, -0.25) is 14.8 Å². The van der Waals surface area contributed by atoms with E-state index in [1.165, 1.54) is 0 Å². The zero-order chi connectivity index (χ0) is 17.9. The molecular formula is C19H15N5O2. The highest BCUT2D eigenvalue weighted by molar-refractivity contribution is 6.16. The highest BCUT2D eigenvalue weighted by atomic mass is 16.5. The van der Waals surface area contributed by atoms with E-state index in [4.69, 9.17) is 10.5 Å². The Kier molecular flexibility index (Phi) is 4.20. The van der Waals surface area contributed by atoms with Crippen LogP contribution in [0.25, 0.3) is 11.1 Å². The average molecular weight is 345 g/mol. The third-order valence-electron chi connectivity index (χ3n) is 4.04. The molecule has 0 bridgehead atoms. The van der Waals surface area contributed by atoms with Crippen LogP contribution in [0.5, 0.6) is 11.8 Å².